The van der Waals surface area contributed by atoms with Crippen LogP contribution in [0, 0.1) is 0 Å². The lowest BCUT2D eigenvalue weighted by molar-refractivity contribution is -0.114. The van der Waals surface area contributed by atoms with Crippen LogP contribution in [0.3, 0.4) is 0 Å². The SMILES string of the molecule is NC(=O)C1=CCC(OCc2ccc3ncccc3c2)C=C1. The average Bonchev–Trinajstić information content (AvgIpc) is 2.53. The molecular weight excluding hydrogens is 264 g/mol. The molecule has 21 heavy (non-hydrogen) atoms. The lowest BCUT2D eigenvalue weighted by Crippen LogP contribution is -2.18. The Morgan fingerprint density at radius 3 is 3.05 bits per heavy atom. The number of nitrogens with two attached hydrogens (primary N) is 1. The highest BCUT2D eigenvalue weighted by Gasteiger charge is 2.12. The molecule has 3 rings (SSSR count). The summed E-state index contributed by atoms with van der Waals surface area (Å²) in [5.74, 6) is -0.397. The molecule has 1 unspecified atom stereocenters. The van der Waals surface area contributed by atoms with E-state index in [1.54, 1.807) is 12.3 Å². The zero-order valence-corrected chi connectivity index (χ0v) is 11.5. The van der Waals surface area contributed by atoms with E-state index >= 15 is 0 Å². The van der Waals surface area contributed by atoms with E-state index in [2.05, 4.69) is 11.1 Å². The Labute approximate surface area is 122 Å². The van der Waals surface area contributed by atoms with Gasteiger partial charge in [-0.3, -0.25) is 9.78 Å². The molecule has 106 valence electrons. The van der Waals surface area contributed by atoms with Gasteiger partial charge in [0, 0.05) is 17.2 Å². The number of nitrogens with zero attached hydrogens (tertiary/aromatic N) is 1. The topological polar surface area (TPSA) is 65.2 Å². The Hall–Kier alpha value is -2.46. The molecule has 1 atom stereocenters. The van der Waals surface area contributed by atoms with Gasteiger partial charge in [-0.1, -0.05) is 30.4 Å². The number of aromatic nitrogens is 1. The van der Waals surface area contributed by atoms with Gasteiger partial charge < -0.3 is 10.5 Å². The first-order chi connectivity index (χ1) is 10.2. The Morgan fingerprint density at radius 2 is 2.29 bits per heavy atom. The van der Waals surface area contributed by atoms with Crippen LogP contribution in [0.4, 0.5) is 0 Å². The summed E-state index contributed by atoms with van der Waals surface area (Å²) in [5.41, 5.74) is 7.86. The molecule has 0 aliphatic heterocycles. The van der Waals surface area contributed by atoms with Crippen LogP contribution in [0.5, 0.6) is 0 Å². The molecular formula is C17H16N2O2. The standard InChI is InChI=1S/C17H16N2O2/c18-17(20)13-4-6-15(7-5-13)21-11-12-3-8-16-14(10-12)2-1-9-19-16/h1-6,8-10,15H,7,11H2,(H2,18,20). The lowest BCUT2D eigenvalue weighted by Gasteiger charge is -2.16. The molecule has 1 aromatic carbocycles. The molecule has 0 saturated carbocycles. The average molecular weight is 280 g/mol. The number of amides is 1. The van der Waals surface area contributed by atoms with Crippen LogP contribution in [-0.4, -0.2) is 17.0 Å². The van der Waals surface area contributed by atoms with Crippen LogP contribution in [0.25, 0.3) is 10.9 Å². The van der Waals surface area contributed by atoms with E-state index in [1.165, 1.54) is 0 Å². The first-order valence-electron chi connectivity index (χ1n) is 6.86. The molecule has 4 heteroatoms. The molecule has 2 N–H and O–H groups in total. The minimum Gasteiger partial charge on any atom is -0.369 e. The van der Waals surface area contributed by atoms with E-state index in [1.807, 2.05) is 36.4 Å². The van der Waals surface area contributed by atoms with Crippen molar-refractivity contribution < 1.29 is 9.53 Å². The van der Waals surface area contributed by atoms with E-state index in [0.717, 1.165) is 16.5 Å². The highest BCUT2D eigenvalue weighted by Crippen LogP contribution is 2.17. The van der Waals surface area contributed by atoms with Crippen LogP contribution in [-0.2, 0) is 16.1 Å². The van der Waals surface area contributed by atoms with E-state index in [4.69, 9.17) is 10.5 Å². The highest BCUT2D eigenvalue weighted by atomic mass is 16.5. The van der Waals surface area contributed by atoms with E-state index in [9.17, 15) is 4.79 Å². The number of hydrogen-bond donors (Lipinski definition) is 1. The molecule has 1 aliphatic rings. The van der Waals surface area contributed by atoms with Crippen molar-refractivity contribution in [1.29, 1.82) is 0 Å². The monoisotopic (exact) mass is 280 g/mol. The number of carbonyl (C=O) groups is 1. The second kappa shape index (κ2) is 5.89. The Balaban J connectivity index is 1.62. The Morgan fingerprint density at radius 1 is 1.38 bits per heavy atom. The van der Waals surface area contributed by atoms with Crippen molar-refractivity contribution in [3.63, 3.8) is 0 Å². The van der Waals surface area contributed by atoms with Crippen LogP contribution in [0.1, 0.15) is 12.0 Å². The number of rotatable bonds is 4. The zero-order chi connectivity index (χ0) is 14.7. The number of fused-ring (bicyclic) bond motifs is 1. The minimum atomic E-state index is -0.397. The van der Waals surface area contributed by atoms with Crippen LogP contribution >= 0.6 is 0 Å². The van der Waals surface area contributed by atoms with E-state index in [-0.39, 0.29) is 6.10 Å². The van der Waals surface area contributed by atoms with Gasteiger partial charge in [-0.25, -0.2) is 0 Å². The maximum absolute atomic E-state index is 11.0. The van der Waals surface area contributed by atoms with Gasteiger partial charge in [0.15, 0.2) is 0 Å². The molecule has 1 heterocycles. The molecule has 1 amide bonds. The Bertz CT molecular complexity index is 734. The van der Waals surface area contributed by atoms with Gasteiger partial charge in [0.2, 0.25) is 5.91 Å². The normalized spacial score (nSPS) is 17.7. The van der Waals surface area contributed by atoms with Gasteiger partial charge in [-0.15, -0.1) is 0 Å². The smallest absolute Gasteiger partial charge is 0.248 e. The van der Waals surface area contributed by atoms with E-state index < -0.39 is 5.91 Å². The van der Waals surface area contributed by atoms with Gasteiger partial charge >= 0.3 is 0 Å². The van der Waals surface area contributed by atoms with Gasteiger partial charge in [-0.05, 0) is 30.2 Å². The molecule has 0 radical (unpaired) electrons. The summed E-state index contributed by atoms with van der Waals surface area (Å²) >= 11 is 0. The number of pyridine rings is 1. The number of hydrogen-bond acceptors (Lipinski definition) is 3. The molecule has 1 aliphatic carbocycles. The van der Waals surface area contributed by atoms with Crippen molar-refractivity contribution in [3.8, 4) is 0 Å². The number of benzene rings is 1. The van der Waals surface area contributed by atoms with Gasteiger partial charge in [-0.2, -0.15) is 0 Å². The largest absolute Gasteiger partial charge is 0.369 e. The van der Waals surface area contributed by atoms with Crippen molar-refractivity contribution in [2.75, 3.05) is 0 Å². The number of ether oxygens (including phenoxy) is 1. The first kappa shape index (κ1) is 13.5. The predicted octanol–water partition coefficient (Wildman–Crippen LogP) is 2.49. The quantitative estimate of drug-likeness (QED) is 0.935. The van der Waals surface area contributed by atoms with Crippen LogP contribution < -0.4 is 5.73 Å². The molecule has 1 aromatic heterocycles. The van der Waals surface area contributed by atoms with Crippen molar-refractivity contribution >= 4 is 16.8 Å². The summed E-state index contributed by atoms with van der Waals surface area (Å²) in [6.07, 6.45) is 7.86. The fourth-order valence-electron chi connectivity index (χ4n) is 2.33. The maximum atomic E-state index is 11.0. The second-order valence-electron chi connectivity index (χ2n) is 5.00. The molecule has 2 aromatic rings. The van der Waals surface area contributed by atoms with Crippen LogP contribution in [0.2, 0.25) is 0 Å². The molecule has 0 saturated heterocycles. The summed E-state index contributed by atoms with van der Waals surface area (Å²) in [4.78, 5) is 15.3. The maximum Gasteiger partial charge on any atom is 0.248 e. The predicted molar refractivity (Wildman–Crippen MR) is 81.4 cm³/mol. The summed E-state index contributed by atoms with van der Waals surface area (Å²) in [6.45, 7) is 0.527. The van der Waals surface area contributed by atoms with Crippen molar-refractivity contribution in [1.82, 2.24) is 4.98 Å². The molecule has 0 spiro atoms. The molecule has 0 fully saturated rings. The minimum absolute atomic E-state index is 0.0160. The van der Waals surface area contributed by atoms with Gasteiger partial charge in [0.25, 0.3) is 0 Å². The Kier molecular flexibility index (Phi) is 3.79. The molecule has 4 nitrogen and oxygen atoms in total. The van der Waals surface area contributed by atoms with Gasteiger partial charge in [0.05, 0.1) is 18.2 Å². The first-order valence-corrected chi connectivity index (χ1v) is 6.86. The van der Waals surface area contributed by atoms with Crippen molar-refractivity contribution in [3.05, 3.63) is 65.9 Å². The van der Waals surface area contributed by atoms with E-state index in [0.29, 0.717) is 18.6 Å². The molecule has 0 bridgehead atoms. The lowest BCUT2D eigenvalue weighted by atomic mass is 10.0. The summed E-state index contributed by atoms with van der Waals surface area (Å²) in [6, 6.07) is 10.1. The summed E-state index contributed by atoms with van der Waals surface area (Å²) in [7, 11) is 0. The van der Waals surface area contributed by atoms with Crippen LogP contribution in [0.15, 0.2) is 60.3 Å². The number of carbonyl (C=O) groups excluding carboxylic acids is 1. The highest BCUT2D eigenvalue weighted by molar-refractivity contribution is 5.95. The van der Waals surface area contributed by atoms with Crippen molar-refractivity contribution in [2.24, 2.45) is 5.73 Å². The van der Waals surface area contributed by atoms with Crippen molar-refractivity contribution in [2.45, 2.75) is 19.1 Å². The van der Waals surface area contributed by atoms with Gasteiger partial charge in [0.1, 0.15) is 0 Å². The zero-order valence-electron chi connectivity index (χ0n) is 11.5. The fourth-order valence-corrected chi connectivity index (χ4v) is 2.33. The fraction of sp³-hybridized carbons (Fsp3) is 0.176. The third kappa shape index (κ3) is 3.17. The number of primary amides is 1. The summed E-state index contributed by atoms with van der Waals surface area (Å²) in [5, 5.41) is 1.11. The summed E-state index contributed by atoms with van der Waals surface area (Å²) < 4.78 is 5.84. The third-order valence-corrected chi connectivity index (χ3v) is 3.48. The third-order valence-electron chi connectivity index (χ3n) is 3.48. The second-order valence-corrected chi connectivity index (χ2v) is 5.00.